The zero-order chi connectivity index (χ0) is 19.9. The third-order valence-electron chi connectivity index (χ3n) is 4.37. The second-order valence-electron chi connectivity index (χ2n) is 6.44. The Bertz CT molecular complexity index is 1070. The third-order valence-corrected chi connectivity index (χ3v) is 4.37. The molecule has 0 aliphatic carbocycles. The van der Waals surface area contributed by atoms with E-state index in [1.54, 1.807) is 4.52 Å². The summed E-state index contributed by atoms with van der Waals surface area (Å²) in [5.74, 6) is 1.34. The number of hydrogen-bond acceptors (Lipinski definition) is 6. The molecule has 4 rings (SSSR count). The van der Waals surface area contributed by atoms with Crippen LogP contribution in [-0.4, -0.2) is 39.4 Å². The van der Waals surface area contributed by atoms with Crippen LogP contribution in [0.3, 0.4) is 0 Å². The lowest BCUT2D eigenvalue weighted by molar-refractivity contribution is 0.0453. The van der Waals surface area contributed by atoms with E-state index in [1.165, 1.54) is 6.33 Å². The average Bonchev–Trinajstić information content (AvgIpc) is 3.24. The van der Waals surface area contributed by atoms with Gasteiger partial charge in [-0.05, 0) is 24.6 Å². The van der Waals surface area contributed by atoms with Gasteiger partial charge in [-0.15, -0.1) is 0 Å². The lowest BCUT2D eigenvalue weighted by Crippen LogP contribution is -2.05. The SMILES string of the molecule is CCOCCOCc1cccc(Nc2cc(-c3ccccc3)nc3ncnn23)c1. The second-order valence-corrected chi connectivity index (χ2v) is 6.44. The first kappa shape index (κ1) is 19.0. The van der Waals surface area contributed by atoms with Gasteiger partial charge in [0.05, 0.1) is 25.5 Å². The van der Waals surface area contributed by atoms with Gasteiger partial charge < -0.3 is 14.8 Å². The molecule has 0 aliphatic heterocycles. The number of nitrogens with zero attached hydrogens (tertiary/aromatic N) is 4. The summed E-state index contributed by atoms with van der Waals surface area (Å²) in [4.78, 5) is 8.87. The molecule has 2 aromatic heterocycles. The zero-order valence-corrected chi connectivity index (χ0v) is 16.3. The van der Waals surface area contributed by atoms with E-state index >= 15 is 0 Å². The van der Waals surface area contributed by atoms with E-state index in [-0.39, 0.29) is 0 Å². The first-order chi connectivity index (χ1) is 14.3. The minimum atomic E-state index is 0.535. The number of anilines is 2. The molecular formula is C22H23N5O2. The molecule has 0 aliphatic rings. The lowest BCUT2D eigenvalue weighted by Gasteiger charge is -2.11. The fraction of sp³-hybridized carbons (Fsp3) is 0.227. The highest BCUT2D eigenvalue weighted by Gasteiger charge is 2.10. The van der Waals surface area contributed by atoms with Gasteiger partial charge in [-0.25, -0.2) is 4.98 Å². The summed E-state index contributed by atoms with van der Waals surface area (Å²) in [5.41, 5.74) is 3.89. The van der Waals surface area contributed by atoms with Gasteiger partial charge in [-0.3, -0.25) is 0 Å². The highest BCUT2D eigenvalue weighted by molar-refractivity contribution is 5.68. The minimum Gasteiger partial charge on any atom is -0.379 e. The third kappa shape index (κ3) is 4.77. The van der Waals surface area contributed by atoms with Crippen molar-refractivity contribution >= 4 is 17.3 Å². The molecule has 0 radical (unpaired) electrons. The average molecular weight is 389 g/mol. The molecule has 0 spiro atoms. The molecule has 0 atom stereocenters. The molecule has 148 valence electrons. The Morgan fingerprint density at radius 1 is 0.966 bits per heavy atom. The van der Waals surface area contributed by atoms with E-state index in [2.05, 4.69) is 26.4 Å². The van der Waals surface area contributed by atoms with Gasteiger partial charge >= 0.3 is 0 Å². The summed E-state index contributed by atoms with van der Waals surface area (Å²) >= 11 is 0. The number of nitrogens with one attached hydrogen (secondary N) is 1. The predicted molar refractivity (Wildman–Crippen MR) is 112 cm³/mol. The molecule has 29 heavy (non-hydrogen) atoms. The maximum atomic E-state index is 5.67. The van der Waals surface area contributed by atoms with Crippen molar-refractivity contribution in [2.75, 3.05) is 25.1 Å². The molecular weight excluding hydrogens is 366 g/mol. The first-order valence-corrected chi connectivity index (χ1v) is 9.61. The fourth-order valence-electron chi connectivity index (χ4n) is 3.00. The van der Waals surface area contributed by atoms with Crippen LogP contribution >= 0.6 is 0 Å². The highest BCUT2D eigenvalue weighted by atomic mass is 16.5. The van der Waals surface area contributed by atoms with Gasteiger partial charge in [0.1, 0.15) is 12.1 Å². The van der Waals surface area contributed by atoms with Crippen LogP contribution < -0.4 is 5.32 Å². The molecule has 7 nitrogen and oxygen atoms in total. The smallest absolute Gasteiger partial charge is 0.254 e. The van der Waals surface area contributed by atoms with Gasteiger partial charge in [0.25, 0.3) is 5.78 Å². The van der Waals surface area contributed by atoms with Crippen molar-refractivity contribution in [3.05, 3.63) is 72.6 Å². The van der Waals surface area contributed by atoms with Gasteiger partial charge in [0.2, 0.25) is 0 Å². The van der Waals surface area contributed by atoms with Crippen LogP contribution in [0.4, 0.5) is 11.5 Å². The lowest BCUT2D eigenvalue weighted by atomic mass is 10.1. The van der Waals surface area contributed by atoms with E-state index < -0.39 is 0 Å². The van der Waals surface area contributed by atoms with Gasteiger partial charge in [0, 0.05) is 23.9 Å². The molecule has 0 amide bonds. The Kier molecular flexibility index (Phi) is 6.09. The van der Waals surface area contributed by atoms with Crippen molar-refractivity contribution in [2.45, 2.75) is 13.5 Å². The number of benzene rings is 2. The van der Waals surface area contributed by atoms with Crippen molar-refractivity contribution in [1.29, 1.82) is 0 Å². The maximum Gasteiger partial charge on any atom is 0.254 e. The van der Waals surface area contributed by atoms with Crippen molar-refractivity contribution in [3.63, 3.8) is 0 Å². The van der Waals surface area contributed by atoms with Gasteiger partial charge in [-0.1, -0.05) is 42.5 Å². The number of rotatable bonds is 9. The van der Waals surface area contributed by atoms with Crippen LogP contribution in [0.5, 0.6) is 0 Å². The van der Waals surface area contributed by atoms with Crippen LogP contribution in [0.15, 0.2) is 67.0 Å². The van der Waals surface area contributed by atoms with Crippen LogP contribution in [0.25, 0.3) is 17.0 Å². The largest absolute Gasteiger partial charge is 0.379 e. The molecule has 0 unspecified atom stereocenters. The Morgan fingerprint density at radius 2 is 1.83 bits per heavy atom. The zero-order valence-electron chi connectivity index (χ0n) is 16.3. The normalized spacial score (nSPS) is 11.1. The van der Waals surface area contributed by atoms with Crippen LogP contribution in [0.1, 0.15) is 12.5 Å². The molecule has 0 saturated heterocycles. The van der Waals surface area contributed by atoms with E-state index in [0.29, 0.717) is 32.2 Å². The molecule has 2 heterocycles. The molecule has 7 heteroatoms. The Balaban J connectivity index is 1.55. The first-order valence-electron chi connectivity index (χ1n) is 9.61. The van der Waals surface area contributed by atoms with E-state index in [4.69, 9.17) is 9.47 Å². The summed E-state index contributed by atoms with van der Waals surface area (Å²) in [6, 6.07) is 20.1. The van der Waals surface area contributed by atoms with Crippen LogP contribution in [0.2, 0.25) is 0 Å². The van der Waals surface area contributed by atoms with Crippen molar-refractivity contribution in [1.82, 2.24) is 19.6 Å². The van der Waals surface area contributed by atoms with E-state index in [1.807, 2.05) is 61.5 Å². The molecule has 1 N–H and O–H groups in total. The van der Waals surface area contributed by atoms with Crippen molar-refractivity contribution in [3.8, 4) is 11.3 Å². The minimum absolute atomic E-state index is 0.535. The quantitative estimate of drug-likeness (QED) is 0.435. The summed E-state index contributed by atoms with van der Waals surface area (Å²) in [6.45, 7) is 4.40. The Hall–Kier alpha value is -3.29. The molecule has 4 aromatic rings. The Labute approximate surface area is 169 Å². The monoisotopic (exact) mass is 389 g/mol. The predicted octanol–water partition coefficient (Wildman–Crippen LogP) is 4.09. The van der Waals surface area contributed by atoms with Crippen molar-refractivity contribution < 1.29 is 9.47 Å². The summed E-state index contributed by atoms with van der Waals surface area (Å²) in [6.07, 6.45) is 1.50. The standard InChI is InChI=1S/C22H23N5O2/c1-2-28-11-12-29-15-17-7-6-10-19(13-17)25-21-14-20(18-8-4-3-5-9-18)26-22-23-16-24-27(21)22/h3-10,13-14,16,25H,2,11-12,15H2,1H3. The number of hydrogen-bond donors (Lipinski definition) is 1. The molecule has 0 fully saturated rings. The summed E-state index contributed by atoms with van der Waals surface area (Å²) < 4.78 is 12.7. The van der Waals surface area contributed by atoms with E-state index in [0.717, 1.165) is 28.3 Å². The number of aromatic nitrogens is 4. The number of fused-ring (bicyclic) bond motifs is 1. The molecule has 0 bridgehead atoms. The fourth-order valence-corrected chi connectivity index (χ4v) is 3.00. The second kappa shape index (κ2) is 9.27. The van der Waals surface area contributed by atoms with Crippen LogP contribution in [-0.2, 0) is 16.1 Å². The summed E-state index contributed by atoms with van der Waals surface area (Å²) in [7, 11) is 0. The Morgan fingerprint density at radius 3 is 2.69 bits per heavy atom. The number of ether oxygens (including phenoxy) is 2. The molecule has 0 saturated carbocycles. The highest BCUT2D eigenvalue weighted by Crippen LogP contribution is 2.24. The van der Waals surface area contributed by atoms with Gasteiger partial charge in [-0.2, -0.15) is 14.6 Å². The van der Waals surface area contributed by atoms with E-state index in [9.17, 15) is 0 Å². The summed E-state index contributed by atoms with van der Waals surface area (Å²) in [5, 5.41) is 7.73. The molecule has 2 aromatic carbocycles. The topological polar surface area (TPSA) is 73.6 Å². The van der Waals surface area contributed by atoms with Crippen LogP contribution in [0, 0.1) is 0 Å². The van der Waals surface area contributed by atoms with Gasteiger partial charge in [0.15, 0.2) is 0 Å². The van der Waals surface area contributed by atoms with Crippen molar-refractivity contribution in [2.24, 2.45) is 0 Å². The maximum absolute atomic E-state index is 5.67.